The van der Waals surface area contributed by atoms with Crippen LogP contribution < -0.4 is 5.32 Å². The molecule has 1 N–H and O–H groups in total. The number of carbonyl (C=O) groups excluding carboxylic acids is 2. The Labute approximate surface area is 158 Å². The Bertz CT molecular complexity index is 935. The van der Waals surface area contributed by atoms with E-state index >= 15 is 0 Å². The van der Waals surface area contributed by atoms with E-state index < -0.39 is 0 Å². The number of hydrogen-bond acceptors (Lipinski definition) is 7. The Morgan fingerprint density at radius 3 is 2.88 bits per heavy atom. The lowest BCUT2D eigenvalue weighted by Crippen LogP contribution is -2.14. The Balaban J connectivity index is 1.55. The zero-order valence-corrected chi connectivity index (χ0v) is 16.0. The Hall–Kier alpha value is -2.39. The molecule has 2 aromatic heterocycles. The van der Waals surface area contributed by atoms with Crippen LogP contribution in [0.5, 0.6) is 0 Å². The third kappa shape index (κ3) is 4.41. The van der Waals surface area contributed by atoms with Crippen LogP contribution in [0.15, 0.2) is 34.8 Å². The number of carbonyl (C=O) groups is 2. The first-order valence-corrected chi connectivity index (χ1v) is 9.87. The van der Waals surface area contributed by atoms with Gasteiger partial charge < -0.3 is 14.6 Å². The number of nitrogens with one attached hydrogen (secondary N) is 1. The van der Waals surface area contributed by atoms with E-state index in [-0.39, 0.29) is 24.1 Å². The van der Waals surface area contributed by atoms with Gasteiger partial charge >= 0.3 is 5.97 Å². The van der Waals surface area contributed by atoms with E-state index in [1.54, 1.807) is 12.3 Å². The average Bonchev–Trinajstić information content (AvgIpc) is 3.18. The second-order valence-electron chi connectivity index (χ2n) is 5.40. The van der Waals surface area contributed by atoms with Gasteiger partial charge in [0.15, 0.2) is 10.3 Å². The van der Waals surface area contributed by atoms with Gasteiger partial charge in [-0.05, 0) is 19.1 Å². The molecule has 0 saturated heterocycles. The summed E-state index contributed by atoms with van der Waals surface area (Å²) in [6.07, 6.45) is 0.106. The number of para-hydroxylation sites is 2. The summed E-state index contributed by atoms with van der Waals surface area (Å²) in [7, 11) is 1.93. The molecule has 3 aromatic rings. The van der Waals surface area contributed by atoms with Gasteiger partial charge in [-0.25, -0.2) is 9.97 Å². The Morgan fingerprint density at radius 1 is 1.31 bits per heavy atom. The average molecular weight is 390 g/mol. The minimum Gasteiger partial charge on any atom is -0.466 e. The number of thioether (sulfide) groups is 1. The lowest BCUT2D eigenvalue weighted by atomic mass is 10.3. The van der Waals surface area contributed by atoms with Crippen LogP contribution in [0.2, 0.25) is 0 Å². The zero-order chi connectivity index (χ0) is 18.5. The second kappa shape index (κ2) is 8.33. The molecule has 3 rings (SSSR count). The van der Waals surface area contributed by atoms with Crippen LogP contribution >= 0.6 is 23.1 Å². The smallest absolute Gasteiger partial charge is 0.311 e. The molecule has 26 heavy (non-hydrogen) atoms. The normalized spacial score (nSPS) is 10.8. The maximum absolute atomic E-state index is 12.2. The van der Waals surface area contributed by atoms with E-state index in [4.69, 9.17) is 4.74 Å². The van der Waals surface area contributed by atoms with Crippen molar-refractivity contribution in [3.05, 3.63) is 35.3 Å². The van der Waals surface area contributed by atoms with Gasteiger partial charge in [0.1, 0.15) is 0 Å². The van der Waals surface area contributed by atoms with Gasteiger partial charge in [0, 0.05) is 12.4 Å². The van der Waals surface area contributed by atoms with Crippen LogP contribution in [0.1, 0.15) is 12.6 Å². The number of aromatic nitrogens is 3. The third-order valence-corrected chi connectivity index (χ3v) is 5.34. The topological polar surface area (TPSA) is 86.1 Å². The van der Waals surface area contributed by atoms with Crippen molar-refractivity contribution in [2.45, 2.75) is 18.5 Å². The SMILES string of the molecule is CCOC(=O)Cc1csc(NC(=O)CSc2nc3ccccc3n2C)n1. The molecule has 0 spiro atoms. The third-order valence-electron chi connectivity index (χ3n) is 3.51. The monoisotopic (exact) mass is 390 g/mol. The molecule has 1 amide bonds. The molecule has 0 atom stereocenters. The van der Waals surface area contributed by atoms with Crippen molar-refractivity contribution < 1.29 is 14.3 Å². The summed E-state index contributed by atoms with van der Waals surface area (Å²) in [5.41, 5.74) is 2.52. The highest BCUT2D eigenvalue weighted by Gasteiger charge is 2.13. The van der Waals surface area contributed by atoms with Crippen LogP contribution in [0.3, 0.4) is 0 Å². The molecule has 0 saturated carbocycles. The first kappa shape index (κ1) is 18.4. The molecule has 0 bridgehead atoms. The first-order valence-electron chi connectivity index (χ1n) is 8.01. The largest absolute Gasteiger partial charge is 0.466 e. The van der Waals surface area contributed by atoms with E-state index in [9.17, 15) is 9.59 Å². The van der Waals surface area contributed by atoms with E-state index in [1.807, 2.05) is 35.9 Å². The van der Waals surface area contributed by atoms with Crippen LogP contribution in [0.25, 0.3) is 11.0 Å². The number of fused-ring (bicyclic) bond motifs is 1. The number of nitrogens with zero attached hydrogens (tertiary/aromatic N) is 3. The van der Waals surface area contributed by atoms with Crippen molar-refractivity contribution in [1.82, 2.24) is 14.5 Å². The minimum atomic E-state index is -0.326. The fourth-order valence-electron chi connectivity index (χ4n) is 2.34. The maximum atomic E-state index is 12.2. The standard InChI is InChI=1S/C17H18N4O3S2/c1-3-24-15(23)8-11-9-25-16(18-11)20-14(22)10-26-17-19-12-6-4-5-7-13(12)21(17)2/h4-7,9H,3,8,10H2,1-2H3,(H,18,20,22). The van der Waals surface area contributed by atoms with Crippen molar-refractivity contribution in [3.8, 4) is 0 Å². The lowest BCUT2D eigenvalue weighted by molar-refractivity contribution is -0.142. The molecule has 9 heteroatoms. The van der Waals surface area contributed by atoms with Gasteiger partial charge in [-0.15, -0.1) is 11.3 Å². The predicted octanol–water partition coefficient (Wildman–Crippen LogP) is 2.87. The van der Waals surface area contributed by atoms with Crippen LogP contribution in [-0.2, 0) is 27.8 Å². The van der Waals surface area contributed by atoms with E-state index in [1.165, 1.54) is 23.1 Å². The molecular weight excluding hydrogens is 372 g/mol. The van der Waals surface area contributed by atoms with Crippen LogP contribution in [0.4, 0.5) is 5.13 Å². The lowest BCUT2D eigenvalue weighted by Gasteiger charge is -2.02. The molecule has 0 aliphatic rings. The summed E-state index contributed by atoms with van der Waals surface area (Å²) >= 11 is 2.65. The number of thiazole rings is 1. The zero-order valence-electron chi connectivity index (χ0n) is 14.4. The summed E-state index contributed by atoms with van der Waals surface area (Å²) in [5, 5.41) is 5.74. The summed E-state index contributed by atoms with van der Waals surface area (Å²) in [5.74, 6) is -0.267. The van der Waals surface area contributed by atoms with Crippen molar-refractivity contribution >= 4 is 51.1 Å². The Morgan fingerprint density at radius 2 is 2.12 bits per heavy atom. The number of amides is 1. The molecule has 0 radical (unpaired) electrons. The molecule has 7 nitrogen and oxygen atoms in total. The second-order valence-corrected chi connectivity index (χ2v) is 7.21. The van der Waals surface area contributed by atoms with Gasteiger partial charge in [-0.1, -0.05) is 23.9 Å². The molecule has 0 aliphatic heterocycles. The van der Waals surface area contributed by atoms with Crippen LogP contribution in [0, 0.1) is 0 Å². The molecule has 0 fully saturated rings. The van der Waals surface area contributed by atoms with Crippen molar-refractivity contribution in [2.24, 2.45) is 7.05 Å². The summed E-state index contributed by atoms with van der Waals surface area (Å²) in [4.78, 5) is 32.4. The fraction of sp³-hybridized carbons (Fsp3) is 0.294. The molecule has 0 aliphatic carbocycles. The van der Waals surface area contributed by atoms with E-state index in [0.29, 0.717) is 17.4 Å². The summed E-state index contributed by atoms with van der Waals surface area (Å²) in [6.45, 7) is 2.10. The molecule has 0 unspecified atom stereocenters. The number of rotatable bonds is 7. The predicted molar refractivity (Wildman–Crippen MR) is 103 cm³/mol. The van der Waals surface area contributed by atoms with Crippen molar-refractivity contribution in [2.75, 3.05) is 17.7 Å². The number of hydrogen-bond donors (Lipinski definition) is 1. The molecule has 1 aromatic carbocycles. The molecule has 136 valence electrons. The summed E-state index contributed by atoms with van der Waals surface area (Å²) < 4.78 is 6.85. The first-order chi connectivity index (χ1) is 12.6. The van der Waals surface area contributed by atoms with Gasteiger partial charge in [-0.2, -0.15) is 0 Å². The fourth-order valence-corrected chi connectivity index (χ4v) is 3.86. The number of esters is 1. The van der Waals surface area contributed by atoms with Gasteiger partial charge in [-0.3, -0.25) is 9.59 Å². The molecular formula is C17H18N4O3S2. The van der Waals surface area contributed by atoms with Gasteiger partial charge in [0.25, 0.3) is 0 Å². The van der Waals surface area contributed by atoms with Crippen molar-refractivity contribution in [1.29, 1.82) is 0 Å². The Kier molecular flexibility index (Phi) is 5.89. The minimum absolute atomic E-state index is 0.106. The van der Waals surface area contributed by atoms with Crippen molar-refractivity contribution in [3.63, 3.8) is 0 Å². The number of aryl methyl sites for hydroxylation is 1. The van der Waals surface area contributed by atoms with E-state index in [0.717, 1.165) is 16.2 Å². The highest BCUT2D eigenvalue weighted by molar-refractivity contribution is 7.99. The van der Waals surface area contributed by atoms with E-state index in [2.05, 4.69) is 15.3 Å². The summed E-state index contributed by atoms with van der Waals surface area (Å²) in [6, 6.07) is 7.83. The van der Waals surface area contributed by atoms with Gasteiger partial charge in [0.2, 0.25) is 5.91 Å². The quantitative estimate of drug-likeness (QED) is 0.493. The number of anilines is 1. The maximum Gasteiger partial charge on any atom is 0.311 e. The number of benzene rings is 1. The molecule has 2 heterocycles. The highest BCUT2D eigenvalue weighted by atomic mass is 32.2. The number of imidazole rings is 1. The van der Waals surface area contributed by atoms with Gasteiger partial charge in [0.05, 0.1) is 35.5 Å². The number of ether oxygens (including phenoxy) is 1. The highest BCUT2D eigenvalue weighted by Crippen LogP contribution is 2.23. The van der Waals surface area contributed by atoms with Crippen LogP contribution in [-0.4, -0.2) is 38.8 Å².